The number of hydrogen-bond acceptors (Lipinski definition) is 5. The van der Waals surface area contributed by atoms with E-state index in [1.165, 1.54) is 6.07 Å². The van der Waals surface area contributed by atoms with E-state index in [1.807, 2.05) is 87.5 Å². The van der Waals surface area contributed by atoms with E-state index in [0.29, 0.717) is 22.7 Å². The minimum absolute atomic E-state index is 0.0826. The van der Waals surface area contributed by atoms with Crippen LogP contribution < -0.4 is 5.32 Å². The average Bonchev–Trinajstić information content (AvgIpc) is 3.51. The van der Waals surface area contributed by atoms with Gasteiger partial charge in [-0.15, -0.1) is 0 Å². The van der Waals surface area contributed by atoms with Crippen molar-refractivity contribution in [2.75, 3.05) is 11.9 Å². The smallest absolute Gasteiger partial charge is 0.311 e. The van der Waals surface area contributed by atoms with E-state index >= 15 is 9.18 Å². The minimum atomic E-state index is -1.42. The van der Waals surface area contributed by atoms with E-state index in [4.69, 9.17) is 27.9 Å². The van der Waals surface area contributed by atoms with Gasteiger partial charge in [0.05, 0.1) is 23.1 Å². The number of hydrogen-bond donors (Lipinski definition) is 2. The highest BCUT2D eigenvalue weighted by molar-refractivity contribution is 6.31. The summed E-state index contributed by atoms with van der Waals surface area (Å²) >= 11 is 13.0. The number of halogens is 3. The third-order valence-electron chi connectivity index (χ3n) is 10.2. The monoisotopic (exact) mass is 730 g/mol. The van der Waals surface area contributed by atoms with Gasteiger partial charge in [-0.2, -0.15) is 0 Å². The topological polar surface area (TPSA) is 78.9 Å². The second-order valence-electron chi connectivity index (χ2n) is 16.0. The van der Waals surface area contributed by atoms with Gasteiger partial charge in [0.15, 0.2) is 0 Å². The average molecular weight is 732 g/mol. The van der Waals surface area contributed by atoms with Crippen LogP contribution in [0.2, 0.25) is 10.0 Å². The lowest BCUT2D eigenvalue weighted by molar-refractivity contribution is -0.165. The zero-order valence-electron chi connectivity index (χ0n) is 29.8. The van der Waals surface area contributed by atoms with E-state index in [0.717, 1.165) is 11.1 Å². The summed E-state index contributed by atoms with van der Waals surface area (Å²) in [7, 11) is 0. The Bertz CT molecular complexity index is 1910. The molecule has 1 spiro atoms. The summed E-state index contributed by atoms with van der Waals surface area (Å²) < 4.78 is 23.1. The maximum absolute atomic E-state index is 16.6. The fourth-order valence-corrected chi connectivity index (χ4v) is 8.53. The first-order valence-electron chi connectivity index (χ1n) is 17.3. The van der Waals surface area contributed by atoms with Gasteiger partial charge in [-0.1, -0.05) is 123 Å². The number of carbonyl (C=O) groups excluding carboxylic acids is 2. The molecular formula is C42H45Cl2FN2O4. The molecule has 0 saturated carbocycles. The zero-order chi connectivity index (χ0) is 36.9. The molecule has 1 fully saturated rings. The molecule has 6 atom stereocenters. The summed E-state index contributed by atoms with van der Waals surface area (Å²) in [6.45, 7) is 11.3. The molecule has 4 aromatic rings. The number of benzene rings is 4. The van der Waals surface area contributed by atoms with Crippen molar-refractivity contribution in [1.29, 1.82) is 0 Å². The normalized spacial score (nSPS) is 23.2. The van der Waals surface area contributed by atoms with Gasteiger partial charge in [0.1, 0.15) is 17.3 Å². The Balaban J connectivity index is 1.73. The summed E-state index contributed by atoms with van der Waals surface area (Å²) in [5.41, 5.74) is 0.340. The van der Waals surface area contributed by atoms with Crippen LogP contribution in [-0.4, -0.2) is 40.6 Å². The molecule has 2 aliphatic rings. The third-order valence-corrected chi connectivity index (χ3v) is 10.8. The zero-order valence-corrected chi connectivity index (χ0v) is 31.3. The van der Waals surface area contributed by atoms with Gasteiger partial charge in [0.25, 0.3) is 0 Å². The molecule has 1 saturated heterocycles. The van der Waals surface area contributed by atoms with Crippen molar-refractivity contribution >= 4 is 40.8 Å². The predicted molar refractivity (Wildman–Crippen MR) is 200 cm³/mol. The number of likely N-dealkylation sites (tertiary alicyclic amines) is 1. The van der Waals surface area contributed by atoms with Crippen LogP contribution in [0.5, 0.6) is 0 Å². The Hall–Kier alpha value is -3.75. The Labute approximate surface area is 309 Å². The summed E-state index contributed by atoms with van der Waals surface area (Å²) in [5.74, 6) is -2.30. The molecule has 0 aromatic heterocycles. The number of fused-ring (bicyclic) bond motifs is 2. The predicted octanol–water partition coefficient (Wildman–Crippen LogP) is 9.66. The first-order valence-corrected chi connectivity index (χ1v) is 18.1. The van der Waals surface area contributed by atoms with Crippen molar-refractivity contribution in [1.82, 2.24) is 4.90 Å². The van der Waals surface area contributed by atoms with E-state index in [2.05, 4.69) is 31.0 Å². The molecule has 4 aromatic carbocycles. The fourth-order valence-electron chi connectivity index (χ4n) is 8.18. The number of anilines is 1. The van der Waals surface area contributed by atoms with Crippen LogP contribution in [-0.2, 0) is 19.7 Å². The molecule has 9 heteroatoms. The number of carbonyl (C=O) groups is 2. The number of nitrogens with one attached hydrogen (secondary N) is 1. The van der Waals surface area contributed by atoms with Crippen LogP contribution in [0.1, 0.15) is 88.3 Å². The Morgan fingerprint density at radius 3 is 2.14 bits per heavy atom. The molecule has 0 aliphatic carbocycles. The lowest BCUT2D eigenvalue weighted by Gasteiger charge is -2.45. The van der Waals surface area contributed by atoms with Gasteiger partial charge >= 0.3 is 5.97 Å². The van der Waals surface area contributed by atoms with Crippen LogP contribution in [0.4, 0.5) is 10.1 Å². The molecule has 2 heterocycles. The number of aliphatic hydroxyl groups excluding tert-OH is 1. The van der Waals surface area contributed by atoms with Crippen molar-refractivity contribution in [2.45, 2.75) is 83.5 Å². The Kier molecular flexibility index (Phi) is 10.2. The van der Waals surface area contributed by atoms with Crippen molar-refractivity contribution in [2.24, 2.45) is 10.8 Å². The number of aliphatic hydroxyl groups is 1. The number of esters is 1. The number of rotatable bonds is 8. The van der Waals surface area contributed by atoms with Gasteiger partial charge < -0.3 is 15.2 Å². The lowest BCUT2D eigenvalue weighted by Crippen LogP contribution is -2.52. The molecule has 0 bridgehead atoms. The lowest BCUT2D eigenvalue weighted by atomic mass is 9.62. The second kappa shape index (κ2) is 14.0. The van der Waals surface area contributed by atoms with Crippen molar-refractivity contribution in [3.63, 3.8) is 0 Å². The standard InChI is InChI=1S/C42H45Cl2FN2O4/c1-40(2,3)23-33-42(29-21-20-27(43)22-31(29)46-38(42)49)34(28-18-13-19-30(44)35(28)45)32(24-48)47(33)36(25-14-9-7-10-15-25)37(26-16-11-8-12-17-26)51-39(50)41(4,5)6/h7-22,32-34,36-37,48H,23-24H2,1-6H3,(H,46,49). The van der Waals surface area contributed by atoms with Gasteiger partial charge in [-0.25, -0.2) is 4.39 Å². The van der Waals surface area contributed by atoms with Crippen LogP contribution >= 0.6 is 23.2 Å². The quantitative estimate of drug-likeness (QED) is 0.177. The molecule has 1 amide bonds. The van der Waals surface area contributed by atoms with E-state index in [-0.39, 0.29) is 21.9 Å². The van der Waals surface area contributed by atoms with Gasteiger partial charge in [-0.3, -0.25) is 14.5 Å². The fraction of sp³-hybridized carbons (Fsp3) is 0.381. The summed E-state index contributed by atoms with van der Waals surface area (Å²) in [5, 5.41) is 15.1. The molecule has 2 N–H and O–H groups in total. The van der Waals surface area contributed by atoms with E-state index in [9.17, 15) is 9.90 Å². The van der Waals surface area contributed by atoms with Crippen LogP contribution in [0, 0.1) is 16.6 Å². The Morgan fingerprint density at radius 2 is 1.55 bits per heavy atom. The summed E-state index contributed by atoms with van der Waals surface area (Å²) in [4.78, 5) is 31.1. The molecule has 6 rings (SSSR count). The van der Waals surface area contributed by atoms with Gasteiger partial charge in [0, 0.05) is 28.7 Å². The molecule has 268 valence electrons. The first kappa shape index (κ1) is 37.0. The largest absolute Gasteiger partial charge is 0.455 e. The highest BCUT2D eigenvalue weighted by Gasteiger charge is 2.69. The SMILES string of the molecule is CC(C)(C)CC1N(C(c2ccccc2)C(OC(=O)C(C)(C)C)c2ccccc2)C(CO)C(c2cccc(Cl)c2F)C12C(=O)Nc1cc(Cl)ccc12. The van der Waals surface area contributed by atoms with E-state index < -0.39 is 59.4 Å². The number of amides is 1. The summed E-state index contributed by atoms with van der Waals surface area (Å²) in [6.07, 6.45) is -0.429. The van der Waals surface area contributed by atoms with Crippen molar-refractivity contribution in [3.8, 4) is 0 Å². The molecule has 6 nitrogen and oxygen atoms in total. The second-order valence-corrected chi connectivity index (χ2v) is 16.8. The molecule has 0 radical (unpaired) electrons. The minimum Gasteiger partial charge on any atom is -0.455 e. The van der Waals surface area contributed by atoms with Crippen LogP contribution in [0.25, 0.3) is 0 Å². The van der Waals surface area contributed by atoms with Crippen molar-refractivity contribution < 1.29 is 23.8 Å². The maximum atomic E-state index is 16.6. The molecule has 6 unspecified atom stereocenters. The maximum Gasteiger partial charge on any atom is 0.311 e. The highest BCUT2D eigenvalue weighted by atomic mass is 35.5. The number of ether oxygens (including phenoxy) is 1. The first-order chi connectivity index (χ1) is 24.1. The van der Waals surface area contributed by atoms with Crippen LogP contribution in [0.3, 0.4) is 0 Å². The van der Waals surface area contributed by atoms with E-state index in [1.54, 1.807) is 24.3 Å². The van der Waals surface area contributed by atoms with Crippen molar-refractivity contribution in [3.05, 3.63) is 135 Å². The highest BCUT2D eigenvalue weighted by Crippen LogP contribution is 2.63. The summed E-state index contributed by atoms with van der Waals surface area (Å²) in [6, 6.07) is 27.1. The van der Waals surface area contributed by atoms with Crippen LogP contribution in [0.15, 0.2) is 97.1 Å². The molecule has 51 heavy (non-hydrogen) atoms. The Morgan fingerprint density at radius 1 is 0.922 bits per heavy atom. The van der Waals surface area contributed by atoms with Gasteiger partial charge in [-0.05, 0) is 73.1 Å². The number of nitrogens with zero attached hydrogens (tertiary/aromatic N) is 1. The third kappa shape index (κ3) is 6.70. The molecule has 2 aliphatic heterocycles. The molecular weight excluding hydrogens is 686 g/mol. The van der Waals surface area contributed by atoms with Gasteiger partial charge in [0.2, 0.25) is 5.91 Å².